The summed E-state index contributed by atoms with van der Waals surface area (Å²) in [5.41, 5.74) is 0.609. The number of ether oxygens (including phenoxy) is 4. The molecule has 1 amide bonds. The predicted molar refractivity (Wildman–Crippen MR) is 112 cm³/mol. The molecule has 32 heavy (non-hydrogen) atoms. The number of hydrogen-bond donors (Lipinski definition) is 2. The zero-order chi connectivity index (χ0) is 23.1. The maximum absolute atomic E-state index is 12.6. The summed E-state index contributed by atoms with van der Waals surface area (Å²) in [7, 11) is 1.35. The summed E-state index contributed by atoms with van der Waals surface area (Å²) in [6.45, 7) is 0.962. The highest BCUT2D eigenvalue weighted by Crippen LogP contribution is 2.26. The molecule has 2 aromatic rings. The van der Waals surface area contributed by atoms with Crippen LogP contribution >= 0.6 is 0 Å². The van der Waals surface area contributed by atoms with Crippen molar-refractivity contribution in [3.63, 3.8) is 0 Å². The van der Waals surface area contributed by atoms with E-state index >= 15 is 0 Å². The lowest BCUT2D eigenvalue weighted by atomic mass is 9.96. The Hall–Kier alpha value is -3.27. The van der Waals surface area contributed by atoms with Gasteiger partial charge in [-0.05, 0) is 24.3 Å². The second-order valence-electron chi connectivity index (χ2n) is 7.20. The average Bonchev–Trinajstić information content (AvgIpc) is 2.81. The number of nitrogens with one attached hydrogen (secondary N) is 1. The van der Waals surface area contributed by atoms with E-state index in [2.05, 4.69) is 5.32 Å². The Kier molecular flexibility index (Phi) is 7.93. The summed E-state index contributed by atoms with van der Waals surface area (Å²) in [6.07, 6.45) is -4.75. The fourth-order valence-corrected chi connectivity index (χ4v) is 3.37. The maximum atomic E-state index is 12.6. The van der Waals surface area contributed by atoms with Crippen molar-refractivity contribution in [3.05, 3.63) is 71.8 Å². The predicted octanol–water partition coefficient (Wildman–Crippen LogP) is 1.31. The third-order valence-electron chi connectivity index (χ3n) is 4.92. The van der Waals surface area contributed by atoms with Crippen LogP contribution < -0.4 is 5.32 Å². The molecule has 1 aliphatic heterocycles. The molecular formula is C23H25NO8. The molecule has 2 aromatic carbocycles. The highest BCUT2D eigenvalue weighted by Gasteiger charge is 2.48. The zero-order valence-corrected chi connectivity index (χ0v) is 17.7. The number of esters is 2. The molecule has 0 aliphatic carbocycles. The van der Waals surface area contributed by atoms with E-state index in [4.69, 9.17) is 18.9 Å². The van der Waals surface area contributed by atoms with Gasteiger partial charge in [-0.15, -0.1) is 0 Å². The lowest BCUT2D eigenvalue weighted by Gasteiger charge is -2.43. The molecule has 170 valence electrons. The molecule has 2 N–H and O–H groups in total. The molecule has 0 aromatic heterocycles. The topological polar surface area (TPSA) is 120 Å². The molecule has 9 heteroatoms. The summed E-state index contributed by atoms with van der Waals surface area (Å²) >= 11 is 0. The van der Waals surface area contributed by atoms with Crippen LogP contribution in [0.3, 0.4) is 0 Å². The molecule has 0 saturated carbocycles. The minimum absolute atomic E-state index is 0.272. The van der Waals surface area contributed by atoms with E-state index in [9.17, 15) is 19.5 Å². The van der Waals surface area contributed by atoms with Crippen LogP contribution in [-0.4, -0.2) is 67.3 Å². The van der Waals surface area contributed by atoms with E-state index in [1.165, 1.54) is 14.0 Å². The number of benzene rings is 2. The van der Waals surface area contributed by atoms with Gasteiger partial charge in [0.05, 0.1) is 11.1 Å². The van der Waals surface area contributed by atoms with Crippen molar-refractivity contribution < 1.29 is 38.4 Å². The Morgan fingerprint density at radius 1 is 0.969 bits per heavy atom. The summed E-state index contributed by atoms with van der Waals surface area (Å²) in [6, 6.07) is 15.6. The zero-order valence-electron chi connectivity index (χ0n) is 17.7. The van der Waals surface area contributed by atoms with Crippen LogP contribution in [0, 0.1) is 0 Å². The van der Waals surface area contributed by atoms with E-state index in [-0.39, 0.29) is 12.2 Å². The smallest absolute Gasteiger partial charge is 0.338 e. The van der Waals surface area contributed by atoms with E-state index in [0.717, 1.165) is 0 Å². The first-order chi connectivity index (χ1) is 15.4. The molecule has 0 spiro atoms. The highest BCUT2D eigenvalue weighted by atomic mass is 16.7. The first-order valence-corrected chi connectivity index (χ1v) is 10.0. The Labute approximate surface area is 185 Å². The Bertz CT molecular complexity index is 920. The lowest BCUT2D eigenvalue weighted by Crippen LogP contribution is -2.65. The quantitative estimate of drug-likeness (QED) is 0.615. The van der Waals surface area contributed by atoms with Gasteiger partial charge in [0.1, 0.15) is 24.9 Å². The van der Waals surface area contributed by atoms with E-state index in [1.54, 1.807) is 60.7 Å². The van der Waals surface area contributed by atoms with Crippen molar-refractivity contribution in [1.82, 2.24) is 5.32 Å². The van der Waals surface area contributed by atoms with E-state index in [0.29, 0.717) is 5.56 Å². The number of carbonyl (C=O) groups excluding carboxylic acids is 3. The van der Waals surface area contributed by atoms with Crippen LogP contribution in [0.2, 0.25) is 0 Å². The number of hydrogen-bond acceptors (Lipinski definition) is 8. The fraction of sp³-hybridized carbons (Fsp3) is 0.348. The minimum Gasteiger partial charge on any atom is -0.459 e. The Morgan fingerprint density at radius 3 is 2.06 bits per heavy atom. The number of rotatable bonds is 7. The van der Waals surface area contributed by atoms with Gasteiger partial charge in [-0.2, -0.15) is 0 Å². The SMILES string of the molecule is CO[C@@H]1O[C@H](COC(=O)c2ccccc2)[C@H](O)[C@H](OC(=O)c2ccccc2)[C@H]1NC(C)=O. The van der Waals surface area contributed by atoms with Gasteiger partial charge in [-0.25, -0.2) is 9.59 Å². The first-order valence-electron chi connectivity index (χ1n) is 10.0. The van der Waals surface area contributed by atoms with Crippen LogP contribution in [0.25, 0.3) is 0 Å². The third kappa shape index (κ3) is 5.70. The molecular weight excluding hydrogens is 418 g/mol. The van der Waals surface area contributed by atoms with Crippen LogP contribution in [0.15, 0.2) is 60.7 Å². The van der Waals surface area contributed by atoms with Gasteiger partial charge in [-0.1, -0.05) is 36.4 Å². The minimum atomic E-state index is -1.41. The summed E-state index contributed by atoms with van der Waals surface area (Å²) in [5, 5.41) is 13.5. The van der Waals surface area contributed by atoms with Crippen molar-refractivity contribution in [2.75, 3.05) is 13.7 Å². The monoisotopic (exact) mass is 443 g/mol. The summed E-state index contributed by atoms with van der Waals surface area (Å²) in [4.78, 5) is 36.6. The normalized spacial score (nSPS) is 24.9. The van der Waals surface area contributed by atoms with Gasteiger partial charge in [0.15, 0.2) is 12.4 Å². The summed E-state index contributed by atoms with van der Waals surface area (Å²) in [5.74, 6) is -1.72. The Morgan fingerprint density at radius 2 is 1.53 bits per heavy atom. The third-order valence-corrected chi connectivity index (χ3v) is 4.92. The van der Waals surface area contributed by atoms with Crippen molar-refractivity contribution in [3.8, 4) is 0 Å². The molecule has 1 aliphatic rings. The van der Waals surface area contributed by atoms with Gasteiger partial charge in [0.25, 0.3) is 0 Å². The largest absolute Gasteiger partial charge is 0.459 e. The standard InChI is InChI=1S/C23H25NO8/c1-14(25)24-18-20(32-22(28)16-11-7-4-8-12-16)19(26)17(31-23(18)29-2)13-30-21(27)15-9-5-3-6-10-15/h3-12,17-20,23,26H,13H2,1-2H3,(H,24,25)/t17-,18-,19+,20-,23-/m1/s1. The number of methoxy groups -OCH3 is 1. The van der Waals surface area contributed by atoms with Crippen LogP contribution in [0.1, 0.15) is 27.6 Å². The number of aliphatic hydroxyl groups is 1. The molecule has 0 radical (unpaired) electrons. The molecule has 0 unspecified atom stereocenters. The lowest BCUT2D eigenvalue weighted by molar-refractivity contribution is -0.262. The molecule has 0 bridgehead atoms. The van der Waals surface area contributed by atoms with Crippen molar-refractivity contribution in [2.45, 2.75) is 37.6 Å². The molecule has 1 saturated heterocycles. The van der Waals surface area contributed by atoms with Gasteiger partial charge in [-0.3, -0.25) is 4.79 Å². The Balaban J connectivity index is 1.77. The van der Waals surface area contributed by atoms with Crippen molar-refractivity contribution in [2.24, 2.45) is 0 Å². The van der Waals surface area contributed by atoms with Crippen LogP contribution in [0.4, 0.5) is 0 Å². The van der Waals surface area contributed by atoms with E-state index < -0.39 is 48.5 Å². The molecule has 1 fully saturated rings. The average molecular weight is 443 g/mol. The van der Waals surface area contributed by atoms with E-state index in [1.807, 2.05) is 0 Å². The first kappa shape index (κ1) is 23.4. The number of amides is 1. The molecule has 9 nitrogen and oxygen atoms in total. The van der Waals surface area contributed by atoms with Crippen molar-refractivity contribution in [1.29, 1.82) is 0 Å². The summed E-state index contributed by atoms with van der Waals surface area (Å²) < 4.78 is 21.9. The molecule has 3 rings (SSSR count). The van der Waals surface area contributed by atoms with Crippen molar-refractivity contribution >= 4 is 17.8 Å². The maximum Gasteiger partial charge on any atom is 0.338 e. The second kappa shape index (κ2) is 10.9. The van der Waals surface area contributed by atoms with Crippen LogP contribution in [-0.2, 0) is 23.7 Å². The molecule has 5 atom stereocenters. The number of aliphatic hydroxyl groups excluding tert-OH is 1. The highest BCUT2D eigenvalue weighted by molar-refractivity contribution is 5.90. The fourth-order valence-electron chi connectivity index (χ4n) is 3.37. The van der Waals surface area contributed by atoms with Gasteiger partial charge < -0.3 is 29.4 Å². The van der Waals surface area contributed by atoms with Gasteiger partial charge in [0, 0.05) is 14.0 Å². The molecule has 1 heterocycles. The van der Waals surface area contributed by atoms with Gasteiger partial charge >= 0.3 is 11.9 Å². The van der Waals surface area contributed by atoms with Gasteiger partial charge in [0.2, 0.25) is 5.91 Å². The second-order valence-corrected chi connectivity index (χ2v) is 7.20. The van der Waals surface area contributed by atoms with Crippen LogP contribution in [0.5, 0.6) is 0 Å². The number of carbonyl (C=O) groups is 3.